The molecule has 0 saturated carbocycles. The number of likely N-dealkylation sites (N-methyl/N-ethyl adjacent to an activating group) is 1. The number of para-hydroxylation sites is 1. The molecule has 2 aromatic rings. The quantitative estimate of drug-likeness (QED) is 0.900. The van der Waals surface area contributed by atoms with Crippen LogP contribution in [0.2, 0.25) is 0 Å². The Bertz CT molecular complexity index is 549. The van der Waals surface area contributed by atoms with Gasteiger partial charge >= 0.3 is 0 Å². The van der Waals surface area contributed by atoms with E-state index in [1.807, 2.05) is 73.3 Å². The fourth-order valence-corrected chi connectivity index (χ4v) is 2.04. The number of nitrogens with zero attached hydrogens (tertiary/aromatic N) is 1. The maximum absolute atomic E-state index is 12.1. The largest absolute Gasteiger partial charge is 0.362 e. The summed E-state index contributed by atoms with van der Waals surface area (Å²) in [6.07, 6.45) is 0. The standard InChI is InChI=1S/C17H20N2O/c1-3-19(16-7-5-4-6-8-16)13-17(20)18-15-11-9-14(2)10-12-15/h4-12H,3,13H2,1-2H3,(H,18,20). The second-order valence-corrected chi connectivity index (χ2v) is 4.76. The van der Waals surface area contributed by atoms with Crippen molar-refractivity contribution in [3.63, 3.8) is 0 Å². The summed E-state index contributed by atoms with van der Waals surface area (Å²) in [5.74, 6) is -0.000411. The summed E-state index contributed by atoms with van der Waals surface area (Å²) in [5.41, 5.74) is 3.08. The van der Waals surface area contributed by atoms with Crippen LogP contribution in [0.5, 0.6) is 0 Å². The minimum atomic E-state index is -0.000411. The molecular formula is C17H20N2O. The monoisotopic (exact) mass is 268 g/mol. The first-order chi connectivity index (χ1) is 9.69. The topological polar surface area (TPSA) is 32.3 Å². The lowest BCUT2D eigenvalue weighted by atomic mass is 10.2. The first kappa shape index (κ1) is 14.1. The Kier molecular flexibility index (Phi) is 4.77. The predicted octanol–water partition coefficient (Wildman–Crippen LogP) is 3.46. The number of amides is 1. The number of rotatable bonds is 5. The molecule has 104 valence electrons. The van der Waals surface area contributed by atoms with Gasteiger partial charge < -0.3 is 10.2 Å². The van der Waals surface area contributed by atoms with Gasteiger partial charge in [0.05, 0.1) is 6.54 Å². The van der Waals surface area contributed by atoms with Gasteiger partial charge in [0.15, 0.2) is 0 Å². The Morgan fingerprint density at radius 1 is 1.05 bits per heavy atom. The Morgan fingerprint density at radius 2 is 1.70 bits per heavy atom. The number of benzene rings is 2. The van der Waals surface area contributed by atoms with E-state index in [9.17, 15) is 4.79 Å². The van der Waals surface area contributed by atoms with Crippen molar-refractivity contribution in [2.45, 2.75) is 13.8 Å². The van der Waals surface area contributed by atoms with Gasteiger partial charge in [-0.3, -0.25) is 4.79 Å². The Balaban J connectivity index is 1.97. The molecule has 3 nitrogen and oxygen atoms in total. The minimum Gasteiger partial charge on any atom is -0.362 e. The second-order valence-electron chi connectivity index (χ2n) is 4.76. The van der Waals surface area contributed by atoms with Gasteiger partial charge in [-0.2, -0.15) is 0 Å². The van der Waals surface area contributed by atoms with E-state index in [1.165, 1.54) is 5.56 Å². The van der Waals surface area contributed by atoms with Crippen molar-refractivity contribution in [1.29, 1.82) is 0 Å². The molecule has 0 aliphatic rings. The molecule has 0 fully saturated rings. The molecule has 2 aromatic carbocycles. The fraction of sp³-hybridized carbons (Fsp3) is 0.235. The highest BCUT2D eigenvalue weighted by atomic mass is 16.2. The maximum atomic E-state index is 12.1. The minimum absolute atomic E-state index is 0.000411. The zero-order valence-corrected chi connectivity index (χ0v) is 12.0. The van der Waals surface area contributed by atoms with Crippen LogP contribution in [0.4, 0.5) is 11.4 Å². The van der Waals surface area contributed by atoms with Gasteiger partial charge in [-0.1, -0.05) is 35.9 Å². The van der Waals surface area contributed by atoms with Crippen LogP contribution in [0, 0.1) is 6.92 Å². The molecule has 0 radical (unpaired) electrons. The lowest BCUT2D eigenvalue weighted by molar-refractivity contribution is -0.115. The van der Waals surface area contributed by atoms with Crippen LogP contribution in [0.1, 0.15) is 12.5 Å². The van der Waals surface area contributed by atoms with Gasteiger partial charge in [-0.05, 0) is 38.1 Å². The molecule has 1 amide bonds. The lowest BCUT2D eigenvalue weighted by Crippen LogP contribution is -2.33. The molecule has 0 saturated heterocycles. The summed E-state index contributed by atoms with van der Waals surface area (Å²) < 4.78 is 0. The van der Waals surface area contributed by atoms with E-state index in [2.05, 4.69) is 5.32 Å². The van der Waals surface area contributed by atoms with Gasteiger partial charge in [0, 0.05) is 17.9 Å². The average molecular weight is 268 g/mol. The third-order valence-corrected chi connectivity index (χ3v) is 3.17. The SMILES string of the molecule is CCN(CC(=O)Nc1ccc(C)cc1)c1ccccc1. The molecule has 20 heavy (non-hydrogen) atoms. The number of hydrogen-bond donors (Lipinski definition) is 1. The highest BCUT2D eigenvalue weighted by molar-refractivity contribution is 5.94. The molecular weight excluding hydrogens is 248 g/mol. The molecule has 0 spiro atoms. The molecule has 0 aromatic heterocycles. The highest BCUT2D eigenvalue weighted by Crippen LogP contribution is 2.13. The zero-order chi connectivity index (χ0) is 14.4. The third kappa shape index (κ3) is 3.85. The van der Waals surface area contributed by atoms with E-state index in [4.69, 9.17) is 0 Å². The van der Waals surface area contributed by atoms with E-state index in [-0.39, 0.29) is 5.91 Å². The van der Waals surface area contributed by atoms with Crippen LogP contribution in [-0.4, -0.2) is 19.0 Å². The van der Waals surface area contributed by atoms with E-state index in [1.54, 1.807) is 0 Å². The molecule has 0 aliphatic heterocycles. The van der Waals surface area contributed by atoms with Crippen molar-refractivity contribution in [3.05, 3.63) is 60.2 Å². The van der Waals surface area contributed by atoms with Crippen molar-refractivity contribution in [1.82, 2.24) is 0 Å². The van der Waals surface area contributed by atoms with Gasteiger partial charge in [-0.15, -0.1) is 0 Å². The van der Waals surface area contributed by atoms with Gasteiger partial charge in [0.2, 0.25) is 5.91 Å². The molecule has 0 heterocycles. The lowest BCUT2D eigenvalue weighted by Gasteiger charge is -2.22. The summed E-state index contributed by atoms with van der Waals surface area (Å²) in [6.45, 7) is 5.23. The second kappa shape index (κ2) is 6.75. The zero-order valence-electron chi connectivity index (χ0n) is 12.0. The number of carbonyl (C=O) groups excluding carboxylic acids is 1. The summed E-state index contributed by atoms with van der Waals surface area (Å²) in [5, 5.41) is 2.92. The van der Waals surface area contributed by atoms with Crippen molar-refractivity contribution < 1.29 is 4.79 Å². The number of nitrogens with one attached hydrogen (secondary N) is 1. The molecule has 0 aliphatic carbocycles. The van der Waals surface area contributed by atoms with Gasteiger partial charge in [-0.25, -0.2) is 0 Å². The Morgan fingerprint density at radius 3 is 2.30 bits per heavy atom. The van der Waals surface area contributed by atoms with Crippen molar-refractivity contribution in [2.75, 3.05) is 23.3 Å². The van der Waals surface area contributed by atoms with Crippen LogP contribution in [0.15, 0.2) is 54.6 Å². The molecule has 3 heteroatoms. The Labute approximate surface area is 120 Å². The van der Waals surface area contributed by atoms with E-state index < -0.39 is 0 Å². The maximum Gasteiger partial charge on any atom is 0.243 e. The summed E-state index contributed by atoms with van der Waals surface area (Å²) in [4.78, 5) is 14.1. The highest BCUT2D eigenvalue weighted by Gasteiger charge is 2.09. The molecule has 2 rings (SSSR count). The average Bonchev–Trinajstić information content (AvgIpc) is 2.48. The molecule has 0 unspecified atom stereocenters. The smallest absolute Gasteiger partial charge is 0.243 e. The molecule has 0 bridgehead atoms. The first-order valence-corrected chi connectivity index (χ1v) is 6.85. The van der Waals surface area contributed by atoms with Crippen molar-refractivity contribution in [3.8, 4) is 0 Å². The van der Waals surface area contributed by atoms with Crippen LogP contribution in [0.3, 0.4) is 0 Å². The predicted molar refractivity (Wildman–Crippen MR) is 84.1 cm³/mol. The van der Waals surface area contributed by atoms with Crippen LogP contribution in [-0.2, 0) is 4.79 Å². The number of anilines is 2. The summed E-state index contributed by atoms with van der Waals surface area (Å²) in [7, 11) is 0. The van der Waals surface area contributed by atoms with Gasteiger partial charge in [0.1, 0.15) is 0 Å². The van der Waals surface area contributed by atoms with Gasteiger partial charge in [0.25, 0.3) is 0 Å². The number of aryl methyl sites for hydroxylation is 1. The van der Waals surface area contributed by atoms with Crippen LogP contribution >= 0.6 is 0 Å². The van der Waals surface area contributed by atoms with Crippen molar-refractivity contribution in [2.24, 2.45) is 0 Å². The summed E-state index contributed by atoms with van der Waals surface area (Å²) >= 11 is 0. The third-order valence-electron chi connectivity index (χ3n) is 3.17. The molecule has 1 N–H and O–H groups in total. The van der Waals surface area contributed by atoms with E-state index in [0.29, 0.717) is 6.54 Å². The normalized spacial score (nSPS) is 10.1. The summed E-state index contributed by atoms with van der Waals surface area (Å²) in [6, 6.07) is 17.8. The van der Waals surface area contributed by atoms with Crippen LogP contribution in [0.25, 0.3) is 0 Å². The van der Waals surface area contributed by atoms with E-state index in [0.717, 1.165) is 17.9 Å². The van der Waals surface area contributed by atoms with Crippen LogP contribution < -0.4 is 10.2 Å². The number of hydrogen-bond acceptors (Lipinski definition) is 2. The first-order valence-electron chi connectivity index (χ1n) is 6.85. The fourth-order valence-electron chi connectivity index (χ4n) is 2.04. The molecule has 0 atom stereocenters. The Hall–Kier alpha value is -2.29. The number of carbonyl (C=O) groups is 1. The van der Waals surface area contributed by atoms with Crippen molar-refractivity contribution >= 4 is 17.3 Å². The van der Waals surface area contributed by atoms with E-state index >= 15 is 0 Å².